The first-order chi connectivity index (χ1) is 13.9. The summed E-state index contributed by atoms with van der Waals surface area (Å²) in [4.78, 5) is 30.0. The molecule has 0 unspecified atom stereocenters. The third kappa shape index (κ3) is 3.53. The third-order valence-corrected chi connectivity index (χ3v) is 4.89. The van der Waals surface area contributed by atoms with Crippen molar-refractivity contribution in [2.24, 2.45) is 0 Å². The van der Waals surface area contributed by atoms with Crippen molar-refractivity contribution in [1.82, 2.24) is 15.4 Å². The summed E-state index contributed by atoms with van der Waals surface area (Å²) in [6.07, 6.45) is 0. The highest BCUT2D eigenvalue weighted by atomic mass is 32.1. The lowest BCUT2D eigenvalue weighted by atomic mass is 10.1. The Bertz CT molecular complexity index is 1250. The molecule has 0 saturated carbocycles. The number of aromatic nitrogens is 2. The van der Waals surface area contributed by atoms with Crippen LogP contribution in [0.4, 0.5) is 10.8 Å². The zero-order valence-corrected chi connectivity index (χ0v) is 15.4. The highest BCUT2D eigenvalue weighted by Gasteiger charge is 2.17. The number of amides is 1. The molecule has 4 aromatic rings. The number of carbonyl (C=O) groups is 1. The van der Waals surface area contributed by atoms with Crippen LogP contribution in [0, 0.1) is 10.1 Å². The predicted octanol–water partition coefficient (Wildman–Crippen LogP) is 3.37. The topological polar surface area (TPSA) is 153 Å². The molecular weight excluding hydrogens is 398 g/mol. The van der Waals surface area contributed by atoms with Crippen molar-refractivity contribution in [2.75, 3.05) is 5.43 Å². The molecule has 10 nitrogen and oxygen atoms in total. The van der Waals surface area contributed by atoms with Crippen LogP contribution in [0.3, 0.4) is 0 Å². The van der Waals surface area contributed by atoms with Gasteiger partial charge in [-0.1, -0.05) is 12.1 Å². The van der Waals surface area contributed by atoms with E-state index in [2.05, 4.69) is 20.8 Å². The Hall–Kier alpha value is -4.12. The van der Waals surface area contributed by atoms with E-state index in [4.69, 9.17) is 0 Å². The number of phenols is 2. The number of non-ortho nitro benzene ring substituents is 1. The maximum atomic E-state index is 12.4. The molecule has 2 aromatic carbocycles. The number of rotatable bonds is 5. The Balaban J connectivity index is 1.48. The largest absolute Gasteiger partial charge is 0.504 e. The Labute approximate surface area is 166 Å². The number of H-pyrrole nitrogens is 1. The summed E-state index contributed by atoms with van der Waals surface area (Å²) < 4.78 is 0. The molecule has 0 fully saturated rings. The number of benzene rings is 2. The van der Waals surface area contributed by atoms with Crippen LogP contribution in [0.5, 0.6) is 11.5 Å². The van der Waals surface area contributed by atoms with Crippen LogP contribution >= 0.6 is 11.3 Å². The van der Waals surface area contributed by atoms with Crippen LogP contribution in [0.25, 0.3) is 22.2 Å². The molecule has 0 bridgehead atoms. The minimum Gasteiger partial charge on any atom is -0.504 e. The van der Waals surface area contributed by atoms with Gasteiger partial charge in [-0.2, -0.15) is 0 Å². The second kappa shape index (κ2) is 7.13. The fraction of sp³-hybridized carbons (Fsp3) is 0. The number of nitrogens with one attached hydrogen (secondary N) is 3. The van der Waals surface area contributed by atoms with Crippen molar-refractivity contribution in [3.63, 3.8) is 0 Å². The van der Waals surface area contributed by atoms with Crippen molar-refractivity contribution >= 4 is 39.0 Å². The van der Waals surface area contributed by atoms with E-state index in [0.717, 1.165) is 0 Å². The van der Waals surface area contributed by atoms with Gasteiger partial charge in [0.05, 0.1) is 10.6 Å². The predicted molar refractivity (Wildman–Crippen MR) is 107 cm³/mol. The summed E-state index contributed by atoms with van der Waals surface area (Å²) >= 11 is 1.22. The van der Waals surface area contributed by atoms with E-state index >= 15 is 0 Å². The van der Waals surface area contributed by atoms with Crippen LogP contribution in [0.1, 0.15) is 10.5 Å². The Kier molecular flexibility index (Phi) is 4.49. The number of hydrazine groups is 1. The fourth-order valence-electron chi connectivity index (χ4n) is 2.74. The number of nitro groups is 1. The van der Waals surface area contributed by atoms with E-state index in [1.165, 1.54) is 35.6 Å². The van der Waals surface area contributed by atoms with E-state index in [9.17, 15) is 25.1 Å². The first-order valence-electron chi connectivity index (χ1n) is 8.23. The summed E-state index contributed by atoms with van der Waals surface area (Å²) in [7, 11) is 0. The van der Waals surface area contributed by atoms with Crippen LogP contribution in [0.15, 0.2) is 47.8 Å². The van der Waals surface area contributed by atoms with E-state index < -0.39 is 10.8 Å². The van der Waals surface area contributed by atoms with E-state index in [0.29, 0.717) is 21.8 Å². The van der Waals surface area contributed by atoms with Gasteiger partial charge < -0.3 is 15.2 Å². The van der Waals surface area contributed by atoms with Gasteiger partial charge in [-0.3, -0.25) is 25.8 Å². The molecule has 0 aliphatic rings. The third-order valence-electron chi connectivity index (χ3n) is 4.13. The van der Waals surface area contributed by atoms with Crippen LogP contribution in [0.2, 0.25) is 0 Å². The van der Waals surface area contributed by atoms with E-state index in [1.54, 1.807) is 23.6 Å². The van der Waals surface area contributed by atoms with Gasteiger partial charge in [0.2, 0.25) is 5.13 Å². The number of anilines is 1. The molecule has 1 amide bonds. The fourth-order valence-corrected chi connectivity index (χ4v) is 3.41. The molecule has 0 radical (unpaired) electrons. The van der Waals surface area contributed by atoms with Gasteiger partial charge in [-0.15, -0.1) is 11.3 Å². The lowest BCUT2D eigenvalue weighted by Crippen LogP contribution is -2.29. The van der Waals surface area contributed by atoms with Crippen LogP contribution in [-0.2, 0) is 0 Å². The van der Waals surface area contributed by atoms with Crippen molar-refractivity contribution in [3.05, 3.63) is 63.7 Å². The smallest absolute Gasteiger partial charge is 0.293 e. The quantitative estimate of drug-likeness (QED) is 0.192. The number of thiazole rings is 1. The van der Waals surface area contributed by atoms with E-state index in [1.807, 2.05) is 0 Å². The average molecular weight is 411 g/mol. The second-order valence-electron chi connectivity index (χ2n) is 6.00. The summed E-state index contributed by atoms with van der Waals surface area (Å²) in [6.45, 7) is 0. The molecule has 5 N–H and O–H groups in total. The molecule has 2 aromatic heterocycles. The number of nitrogens with zero attached hydrogens (tertiary/aromatic N) is 2. The highest BCUT2D eigenvalue weighted by Crippen LogP contribution is 2.32. The SMILES string of the molecule is O=C(NNc1nc(-c2ccc(O)c(O)c2)cs1)c1cc2cccc([N+](=O)[O-])c2[nH]1. The van der Waals surface area contributed by atoms with Gasteiger partial charge in [0.1, 0.15) is 11.2 Å². The number of hydrogen-bond acceptors (Lipinski definition) is 8. The summed E-state index contributed by atoms with van der Waals surface area (Å²) in [6, 6.07) is 10.4. The highest BCUT2D eigenvalue weighted by molar-refractivity contribution is 7.14. The summed E-state index contributed by atoms with van der Waals surface area (Å²) in [5.74, 6) is -1.01. The van der Waals surface area contributed by atoms with Crippen molar-refractivity contribution in [1.29, 1.82) is 0 Å². The number of carbonyl (C=O) groups excluding carboxylic acids is 1. The zero-order valence-electron chi connectivity index (χ0n) is 14.5. The molecule has 2 heterocycles. The van der Waals surface area contributed by atoms with Crippen LogP contribution < -0.4 is 10.9 Å². The number of para-hydroxylation sites is 1. The molecule has 0 aliphatic carbocycles. The minimum absolute atomic E-state index is 0.115. The van der Waals surface area contributed by atoms with Gasteiger partial charge >= 0.3 is 0 Å². The van der Waals surface area contributed by atoms with Gasteiger partial charge in [0.15, 0.2) is 11.5 Å². The maximum Gasteiger partial charge on any atom is 0.293 e. The Morgan fingerprint density at radius 1 is 1.17 bits per heavy atom. The number of aromatic hydroxyl groups is 2. The standard InChI is InChI=1S/C18H13N5O5S/c24-14-5-4-9(7-15(14)25)12-8-29-18(20-12)22-21-17(26)11-6-10-2-1-3-13(23(27)28)16(10)19-11/h1-8,19,24-25H,(H,20,22)(H,21,26). The van der Waals surface area contributed by atoms with Crippen molar-refractivity contribution in [2.45, 2.75) is 0 Å². The monoisotopic (exact) mass is 411 g/mol. The molecule has 0 aliphatic heterocycles. The first kappa shape index (κ1) is 18.3. The number of fused-ring (bicyclic) bond motifs is 1. The molecule has 11 heteroatoms. The summed E-state index contributed by atoms with van der Waals surface area (Å²) in [5, 5.41) is 32.7. The van der Waals surface area contributed by atoms with Gasteiger partial charge in [0.25, 0.3) is 11.6 Å². The number of aromatic amines is 1. The number of nitro benzene ring substituents is 1. The van der Waals surface area contributed by atoms with Crippen molar-refractivity contribution in [3.8, 4) is 22.8 Å². The molecule has 29 heavy (non-hydrogen) atoms. The molecule has 0 saturated heterocycles. The molecule has 4 rings (SSSR count). The van der Waals surface area contributed by atoms with Crippen molar-refractivity contribution < 1.29 is 19.9 Å². The Morgan fingerprint density at radius 2 is 2.00 bits per heavy atom. The first-order valence-corrected chi connectivity index (χ1v) is 9.10. The lowest BCUT2D eigenvalue weighted by molar-refractivity contribution is -0.383. The lowest BCUT2D eigenvalue weighted by Gasteiger charge is -2.04. The number of hydrogen-bond donors (Lipinski definition) is 5. The van der Waals surface area contributed by atoms with Crippen LogP contribution in [-0.4, -0.2) is 31.0 Å². The summed E-state index contributed by atoms with van der Waals surface area (Å²) in [5.41, 5.74) is 6.61. The number of phenolic OH excluding ortho intramolecular Hbond substituents is 2. The normalized spacial score (nSPS) is 10.8. The van der Waals surface area contributed by atoms with E-state index in [-0.39, 0.29) is 28.4 Å². The van der Waals surface area contributed by atoms with Gasteiger partial charge in [-0.25, -0.2) is 4.98 Å². The zero-order chi connectivity index (χ0) is 20.5. The average Bonchev–Trinajstić information content (AvgIpc) is 3.34. The Morgan fingerprint density at radius 3 is 2.76 bits per heavy atom. The molecule has 0 spiro atoms. The second-order valence-corrected chi connectivity index (χ2v) is 6.86. The van der Waals surface area contributed by atoms with Gasteiger partial charge in [0, 0.05) is 22.4 Å². The molecule has 0 atom stereocenters. The van der Waals surface area contributed by atoms with Gasteiger partial charge in [-0.05, 0) is 24.3 Å². The minimum atomic E-state index is -0.519. The maximum absolute atomic E-state index is 12.4. The molecule has 146 valence electrons. The molecular formula is C18H13N5O5S.